The molecule has 0 aromatic carbocycles. The van der Waals surface area contributed by atoms with Crippen LogP contribution in [0.5, 0.6) is 0 Å². The molecule has 4 saturated carbocycles. The number of hydrogen-bond donors (Lipinski definition) is 10. The van der Waals surface area contributed by atoms with Gasteiger partial charge >= 0.3 is 0 Å². The molecule has 0 bridgehead atoms. The Morgan fingerprint density at radius 2 is 1.26 bits per heavy atom. The molecular weight excluding hydrogens is 744 g/mol. The molecule has 15 nitrogen and oxygen atoms in total. The molecule has 0 aromatic heterocycles. The van der Waals surface area contributed by atoms with Crippen LogP contribution in [0.1, 0.15) is 98.8 Å². The summed E-state index contributed by atoms with van der Waals surface area (Å²) >= 11 is 0. The monoisotopic (exact) mass is 816 g/mol. The summed E-state index contributed by atoms with van der Waals surface area (Å²) in [7, 11) is 0. The third-order valence-corrected chi connectivity index (χ3v) is 17.8. The van der Waals surface area contributed by atoms with Gasteiger partial charge in [0.15, 0.2) is 12.6 Å². The first-order valence-electron chi connectivity index (χ1n) is 21.6. The van der Waals surface area contributed by atoms with Gasteiger partial charge in [0, 0.05) is 16.7 Å². The minimum atomic E-state index is -1.54. The lowest BCUT2D eigenvalue weighted by molar-refractivity contribution is -0.336. The quantitative estimate of drug-likeness (QED) is 0.140. The first kappa shape index (κ1) is 44.5. The summed E-state index contributed by atoms with van der Waals surface area (Å²) in [4.78, 5) is 0. The second-order valence-electron chi connectivity index (χ2n) is 20.4. The van der Waals surface area contributed by atoms with Crippen molar-refractivity contribution in [2.24, 2.45) is 50.7 Å². The molecule has 0 aromatic rings. The molecule has 3 heterocycles. The Kier molecular flexibility index (Phi) is 12.7. The van der Waals surface area contributed by atoms with Crippen molar-refractivity contribution >= 4 is 0 Å². The maximum Gasteiger partial charge on any atom is 0.186 e. The lowest BCUT2D eigenvalue weighted by atomic mass is 9.33. The summed E-state index contributed by atoms with van der Waals surface area (Å²) in [5, 5.41) is 105. The Hall–Kier alpha value is -0.600. The Balaban J connectivity index is 0.998. The molecule has 1 spiro atoms. The third kappa shape index (κ3) is 6.98. The van der Waals surface area contributed by atoms with E-state index < -0.39 is 92.2 Å². The first-order valence-corrected chi connectivity index (χ1v) is 21.6. The maximum absolute atomic E-state index is 12.4. The molecule has 3 aliphatic heterocycles. The Morgan fingerprint density at radius 1 is 0.632 bits per heavy atom. The molecule has 7 aliphatic rings. The van der Waals surface area contributed by atoms with E-state index >= 15 is 0 Å². The highest BCUT2D eigenvalue weighted by Crippen LogP contribution is 2.75. The third-order valence-electron chi connectivity index (χ3n) is 17.8. The molecule has 3 saturated heterocycles. The van der Waals surface area contributed by atoms with E-state index in [1.807, 2.05) is 6.92 Å². The van der Waals surface area contributed by atoms with Crippen LogP contribution < -0.4 is 0 Å². The molecular formula is C42H72O15. The van der Waals surface area contributed by atoms with Gasteiger partial charge in [-0.2, -0.15) is 0 Å². The Morgan fingerprint density at radius 3 is 1.86 bits per heavy atom. The van der Waals surface area contributed by atoms with Crippen LogP contribution in [-0.2, 0) is 23.7 Å². The lowest BCUT2D eigenvalue weighted by Gasteiger charge is -2.73. The lowest BCUT2D eigenvalue weighted by Crippen LogP contribution is -2.69. The molecule has 10 N–H and O–H groups in total. The van der Waals surface area contributed by atoms with Gasteiger partial charge in [-0.15, -0.1) is 0 Å². The SMILES string of the molecule is CC(COC1OC(CO)C(O)C(O)C1O)C1CCC2(CCC3(C)C(CCC4C5(C)CCC(OC6OC(CO)C(O)C(O)C6O)C(C)(CO)C5CCC43C)C2O)CO1. The molecule has 0 radical (unpaired) electrons. The largest absolute Gasteiger partial charge is 0.396 e. The zero-order valence-corrected chi connectivity index (χ0v) is 34.4. The minimum absolute atomic E-state index is 0.0561. The first-order chi connectivity index (χ1) is 26.9. The molecule has 22 unspecified atom stereocenters. The van der Waals surface area contributed by atoms with Crippen LogP contribution in [0.3, 0.4) is 0 Å². The molecule has 7 rings (SSSR count). The molecule has 22 atom stereocenters. The molecule has 57 heavy (non-hydrogen) atoms. The fourth-order valence-electron chi connectivity index (χ4n) is 13.9. The fourth-order valence-corrected chi connectivity index (χ4v) is 13.9. The van der Waals surface area contributed by atoms with Crippen molar-refractivity contribution in [3.05, 3.63) is 0 Å². The zero-order chi connectivity index (χ0) is 41.5. The number of fused-ring (bicyclic) bond motifs is 5. The van der Waals surface area contributed by atoms with Gasteiger partial charge in [-0.05, 0) is 98.2 Å². The zero-order valence-electron chi connectivity index (χ0n) is 34.4. The average Bonchev–Trinajstić information content (AvgIpc) is 3.20. The normalized spacial score (nSPS) is 56.1. The number of aliphatic hydroxyl groups excluding tert-OH is 10. The predicted molar refractivity (Wildman–Crippen MR) is 202 cm³/mol. The maximum atomic E-state index is 12.4. The van der Waals surface area contributed by atoms with Gasteiger partial charge in [-0.1, -0.05) is 34.6 Å². The predicted octanol–water partition coefficient (Wildman–Crippen LogP) is 0.192. The number of rotatable bonds is 9. The van der Waals surface area contributed by atoms with Gasteiger partial charge in [-0.3, -0.25) is 0 Å². The summed E-state index contributed by atoms with van der Waals surface area (Å²) in [6.07, 6.45) is -6.09. The second kappa shape index (κ2) is 16.3. The number of hydrogen-bond acceptors (Lipinski definition) is 15. The average molecular weight is 817 g/mol. The standard InChI is InChI=1S/C42H72O15/c1-21(18-53-36-33(50)31(48)29(46)24(16-43)55-36)23-8-13-42(20-54-23)15-14-40(4)22(35(42)52)6-7-27-38(2)11-10-28(39(3,19-45)26(38)9-12-41(27,40)5)57-37-34(51)32(49)30(47)25(17-44)56-37/h21-37,43-52H,6-20H2,1-5H3. The van der Waals surface area contributed by atoms with E-state index in [9.17, 15) is 51.1 Å². The van der Waals surface area contributed by atoms with Crippen molar-refractivity contribution in [2.75, 3.05) is 33.0 Å². The van der Waals surface area contributed by atoms with Crippen LogP contribution in [0.2, 0.25) is 0 Å². The van der Waals surface area contributed by atoms with Crippen LogP contribution in [0, 0.1) is 50.7 Å². The summed E-state index contributed by atoms with van der Waals surface area (Å²) in [6, 6.07) is 0. The van der Waals surface area contributed by atoms with Crippen molar-refractivity contribution in [1.82, 2.24) is 0 Å². The fraction of sp³-hybridized carbons (Fsp3) is 1.00. The Labute approximate surface area is 336 Å². The van der Waals surface area contributed by atoms with Gasteiger partial charge < -0.3 is 74.7 Å². The van der Waals surface area contributed by atoms with Gasteiger partial charge in [-0.25, -0.2) is 0 Å². The Bertz CT molecular complexity index is 1380. The van der Waals surface area contributed by atoms with Crippen molar-refractivity contribution in [2.45, 2.75) is 179 Å². The molecule has 4 aliphatic carbocycles. The van der Waals surface area contributed by atoms with Gasteiger partial charge in [0.2, 0.25) is 0 Å². The van der Waals surface area contributed by atoms with Gasteiger partial charge in [0.05, 0.1) is 51.3 Å². The molecule has 330 valence electrons. The van der Waals surface area contributed by atoms with E-state index in [4.69, 9.17) is 23.7 Å². The van der Waals surface area contributed by atoms with Crippen LogP contribution in [-0.4, -0.2) is 164 Å². The van der Waals surface area contributed by atoms with Crippen molar-refractivity contribution in [3.8, 4) is 0 Å². The van der Waals surface area contributed by atoms with E-state index in [0.717, 1.165) is 57.8 Å². The number of ether oxygens (including phenoxy) is 5. The van der Waals surface area contributed by atoms with Gasteiger partial charge in [0.25, 0.3) is 0 Å². The second-order valence-corrected chi connectivity index (χ2v) is 20.4. The van der Waals surface area contributed by atoms with E-state index in [1.54, 1.807) is 0 Å². The van der Waals surface area contributed by atoms with Crippen LogP contribution in [0.25, 0.3) is 0 Å². The summed E-state index contributed by atoms with van der Waals surface area (Å²) < 4.78 is 30.1. The number of aliphatic hydroxyl groups is 10. The summed E-state index contributed by atoms with van der Waals surface area (Å²) in [5.41, 5.74) is -1.31. The summed E-state index contributed by atoms with van der Waals surface area (Å²) in [5.74, 6) is 0.483. The highest BCUT2D eigenvalue weighted by atomic mass is 16.7. The van der Waals surface area contributed by atoms with E-state index in [2.05, 4.69) is 27.7 Å². The van der Waals surface area contributed by atoms with Gasteiger partial charge in [0.1, 0.15) is 48.8 Å². The molecule has 7 fully saturated rings. The van der Waals surface area contributed by atoms with Crippen LogP contribution in [0.15, 0.2) is 0 Å². The van der Waals surface area contributed by atoms with E-state index in [1.165, 1.54) is 0 Å². The highest BCUT2D eigenvalue weighted by molar-refractivity contribution is 5.19. The molecule has 0 amide bonds. The van der Waals surface area contributed by atoms with E-state index in [-0.39, 0.29) is 58.7 Å². The smallest absolute Gasteiger partial charge is 0.186 e. The minimum Gasteiger partial charge on any atom is -0.396 e. The highest BCUT2D eigenvalue weighted by Gasteiger charge is 2.70. The van der Waals surface area contributed by atoms with Crippen molar-refractivity contribution < 1.29 is 74.7 Å². The van der Waals surface area contributed by atoms with Crippen LogP contribution in [0.4, 0.5) is 0 Å². The summed E-state index contributed by atoms with van der Waals surface area (Å²) in [6.45, 7) is 10.7. The van der Waals surface area contributed by atoms with Crippen molar-refractivity contribution in [1.29, 1.82) is 0 Å². The van der Waals surface area contributed by atoms with Crippen molar-refractivity contribution in [3.63, 3.8) is 0 Å². The topological polar surface area (TPSA) is 248 Å². The van der Waals surface area contributed by atoms with Crippen LogP contribution >= 0.6 is 0 Å². The molecule has 15 heteroatoms. The van der Waals surface area contributed by atoms with E-state index in [0.29, 0.717) is 18.9 Å².